The zero-order valence-corrected chi connectivity index (χ0v) is 13.2. The monoisotopic (exact) mass is 352 g/mol. The van der Waals surface area contributed by atoms with Crippen LogP contribution in [0.1, 0.15) is 22.8 Å². The fourth-order valence-electron chi connectivity index (χ4n) is 1.89. The predicted octanol–water partition coefficient (Wildman–Crippen LogP) is 4.23. The summed E-state index contributed by atoms with van der Waals surface area (Å²) >= 11 is 3.32. The molecule has 0 radical (unpaired) electrons. The normalized spacial score (nSPS) is 10.3. The third kappa shape index (κ3) is 3.42. The van der Waals surface area contributed by atoms with Crippen LogP contribution < -0.4 is 9.47 Å². The van der Waals surface area contributed by atoms with Crippen LogP contribution in [0.4, 0.5) is 4.39 Å². The van der Waals surface area contributed by atoms with E-state index in [0.29, 0.717) is 28.1 Å². The minimum Gasteiger partial charge on any atom is -0.497 e. The lowest BCUT2D eigenvalue weighted by molar-refractivity contribution is 0.103. The first kappa shape index (κ1) is 15.5. The summed E-state index contributed by atoms with van der Waals surface area (Å²) in [4.78, 5) is 12.4. The summed E-state index contributed by atoms with van der Waals surface area (Å²) in [5.41, 5.74) is 0.378. The van der Waals surface area contributed by atoms with Crippen molar-refractivity contribution in [3.63, 3.8) is 0 Å². The van der Waals surface area contributed by atoms with Crippen LogP contribution in [0.3, 0.4) is 0 Å². The van der Waals surface area contributed by atoms with E-state index in [1.54, 1.807) is 24.3 Å². The van der Waals surface area contributed by atoms with Gasteiger partial charge in [0, 0.05) is 16.1 Å². The van der Waals surface area contributed by atoms with Crippen LogP contribution in [0.2, 0.25) is 0 Å². The van der Waals surface area contributed by atoms with Crippen molar-refractivity contribution in [1.82, 2.24) is 0 Å². The van der Waals surface area contributed by atoms with Crippen LogP contribution in [0.25, 0.3) is 0 Å². The van der Waals surface area contributed by atoms with Crippen molar-refractivity contribution in [3.05, 3.63) is 57.8 Å². The van der Waals surface area contributed by atoms with E-state index in [1.165, 1.54) is 19.2 Å². The molecule has 0 aliphatic carbocycles. The first-order valence-corrected chi connectivity index (χ1v) is 7.16. The molecule has 2 aromatic rings. The van der Waals surface area contributed by atoms with Gasteiger partial charge in [0.25, 0.3) is 0 Å². The highest BCUT2D eigenvalue weighted by molar-refractivity contribution is 9.10. The van der Waals surface area contributed by atoms with E-state index in [9.17, 15) is 9.18 Å². The third-order valence-electron chi connectivity index (χ3n) is 2.92. The van der Waals surface area contributed by atoms with Crippen molar-refractivity contribution < 1.29 is 18.7 Å². The Kier molecular flexibility index (Phi) is 4.96. The Hall–Kier alpha value is -1.88. The third-order valence-corrected chi connectivity index (χ3v) is 3.57. The summed E-state index contributed by atoms with van der Waals surface area (Å²) < 4.78 is 24.8. The molecule has 5 heteroatoms. The average Bonchev–Trinajstić information content (AvgIpc) is 2.47. The van der Waals surface area contributed by atoms with E-state index in [2.05, 4.69) is 15.9 Å². The molecule has 0 aliphatic rings. The lowest BCUT2D eigenvalue weighted by atomic mass is 10.0. The molecule has 0 amide bonds. The molecule has 0 atom stereocenters. The van der Waals surface area contributed by atoms with Crippen LogP contribution in [-0.4, -0.2) is 19.5 Å². The van der Waals surface area contributed by atoms with Gasteiger partial charge in [-0.25, -0.2) is 4.39 Å². The smallest absolute Gasteiger partial charge is 0.197 e. The van der Waals surface area contributed by atoms with Gasteiger partial charge in [-0.2, -0.15) is 0 Å². The van der Waals surface area contributed by atoms with E-state index in [1.807, 2.05) is 6.92 Å². The number of rotatable bonds is 5. The quantitative estimate of drug-likeness (QED) is 0.755. The number of methoxy groups -OCH3 is 1. The van der Waals surface area contributed by atoms with Crippen LogP contribution in [-0.2, 0) is 0 Å². The molecule has 0 saturated carbocycles. The molecule has 0 aromatic heterocycles. The van der Waals surface area contributed by atoms with Crippen molar-refractivity contribution in [2.24, 2.45) is 0 Å². The van der Waals surface area contributed by atoms with E-state index in [4.69, 9.17) is 9.47 Å². The zero-order valence-electron chi connectivity index (χ0n) is 11.7. The molecule has 3 nitrogen and oxygen atoms in total. The number of benzene rings is 2. The first-order valence-electron chi connectivity index (χ1n) is 6.37. The first-order chi connectivity index (χ1) is 10.1. The SMILES string of the molecule is CCOc1ccc(C(=O)c2ccc(OC)cc2F)c(Br)c1. The molecule has 0 fully saturated rings. The lowest BCUT2D eigenvalue weighted by Gasteiger charge is -2.09. The lowest BCUT2D eigenvalue weighted by Crippen LogP contribution is -2.06. The molecule has 0 unspecified atom stereocenters. The van der Waals surface area contributed by atoms with E-state index >= 15 is 0 Å². The zero-order chi connectivity index (χ0) is 15.4. The van der Waals surface area contributed by atoms with Crippen LogP contribution in [0.5, 0.6) is 11.5 Å². The second kappa shape index (κ2) is 6.72. The van der Waals surface area contributed by atoms with Gasteiger partial charge in [-0.05, 0) is 53.2 Å². The van der Waals surface area contributed by atoms with Gasteiger partial charge < -0.3 is 9.47 Å². The maximum Gasteiger partial charge on any atom is 0.197 e. The van der Waals surface area contributed by atoms with Gasteiger partial charge in [0.15, 0.2) is 5.78 Å². The second-order valence-electron chi connectivity index (χ2n) is 4.25. The van der Waals surface area contributed by atoms with Crippen LogP contribution >= 0.6 is 15.9 Å². The molecule has 0 heterocycles. The van der Waals surface area contributed by atoms with Crippen molar-refractivity contribution >= 4 is 21.7 Å². The van der Waals surface area contributed by atoms with Gasteiger partial charge in [0.1, 0.15) is 17.3 Å². The highest BCUT2D eigenvalue weighted by atomic mass is 79.9. The van der Waals surface area contributed by atoms with Gasteiger partial charge in [-0.1, -0.05) is 0 Å². The van der Waals surface area contributed by atoms with Gasteiger partial charge in [0.05, 0.1) is 19.3 Å². The Balaban J connectivity index is 2.36. The Morgan fingerprint density at radius 3 is 2.38 bits per heavy atom. The summed E-state index contributed by atoms with van der Waals surface area (Å²) in [7, 11) is 1.44. The predicted molar refractivity (Wildman–Crippen MR) is 81.7 cm³/mol. The van der Waals surface area contributed by atoms with Crippen molar-refractivity contribution in [1.29, 1.82) is 0 Å². The molecular weight excluding hydrogens is 339 g/mol. The Labute approximate surface area is 130 Å². The molecule has 2 aromatic carbocycles. The molecule has 0 N–H and O–H groups in total. The van der Waals surface area contributed by atoms with Gasteiger partial charge in [-0.15, -0.1) is 0 Å². The molecule has 21 heavy (non-hydrogen) atoms. The summed E-state index contributed by atoms with van der Waals surface area (Å²) in [6.07, 6.45) is 0. The highest BCUT2D eigenvalue weighted by Gasteiger charge is 2.17. The molecule has 0 bridgehead atoms. The maximum absolute atomic E-state index is 14.0. The summed E-state index contributed by atoms with van der Waals surface area (Å²) in [5, 5.41) is 0. The largest absolute Gasteiger partial charge is 0.497 e. The number of hydrogen-bond acceptors (Lipinski definition) is 3. The number of ketones is 1. The average molecular weight is 353 g/mol. The second-order valence-corrected chi connectivity index (χ2v) is 5.10. The van der Waals surface area contributed by atoms with Crippen molar-refractivity contribution in [3.8, 4) is 11.5 Å². The van der Waals surface area contributed by atoms with Gasteiger partial charge in [0.2, 0.25) is 0 Å². The van der Waals surface area contributed by atoms with Crippen LogP contribution in [0, 0.1) is 5.82 Å². The standard InChI is InChI=1S/C16H14BrFO3/c1-3-21-11-5-6-12(14(17)8-11)16(19)13-7-4-10(20-2)9-15(13)18/h4-9H,3H2,1-2H3. The van der Waals surface area contributed by atoms with Gasteiger partial charge >= 0.3 is 0 Å². The minimum absolute atomic E-state index is 0.000611. The topological polar surface area (TPSA) is 35.5 Å². The number of carbonyl (C=O) groups is 1. The van der Waals surface area contributed by atoms with Crippen molar-refractivity contribution in [2.45, 2.75) is 6.92 Å². The maximum atomic E-state index is 14.0. The fourth-order valence-corrected chi connectivity index (χ4v) is 2.43. The minimum atomic E-state index is -0.611. The number of carbonyl (C=O) groups excluding carboxylic acids is 1. The molecule has 0 saturated heterocycles. The molecule has 0 spiro atoms. The summed E-state index contributed by atoms with van der Waals surface area (Å²) in [6, 6.07) is 9.15. The van der Waals surface area contributed by atoms with E-state index < -0.39 is 11.6 Å². The Bertz CT molecular complexity index is 671. The molecule has 0 aliphatic heterocycles. The number of ether oxygens (including phenoxy) is 2. The Morgan fingerprint density at radius 1 is 1.14 bits per heavy atom. The van der Waals surface area contributed by atoms with Gasteiger partial charge in [-0.3, -0.25) is 4.79 Å². The van der Waals surface area contributed by atoms with E-state index in [0.717, 1.165) is 0 Å². The summed E-state index contributed by atoms with van der Waals surface area (Å²) in [5.74, 6) is 0.0103. The van der Waals surface area contributed by atoms with E-state index in [-0.39, 0.29) is 5.56 Å². The highest BCUT2D eigenvalue weighted by Crippen LogP contribution is 2.27. The fraction of sp³-hybridized carbons (Fsp3) is 0.188. The Morgan fingerprint density at radius 2 is 1.81 bits per heavy atom. The summed E-state index contributed by atoms with van der Waals surface area (Å²) in [6.45, 7) is 2.41. The number of hydrogen-bond donors (Lipinski definition) is 0. The van der Waals surface area contributed by atoms with Crippen molar-refractivity contribution in [2.75, 3.05) is 13.7 Å². The molecule has 110 valence electrons. The number of halogens is 2. The molecular formula is C16H14BrFO3. The van der Waals surface area contributed by atoms with Crippen LogP contribution in [0.15, 0.2) is 40.9 Å². The molecule has 2 rings (SSSR count).